The number of anilines is 1. The number of benzene rings is 2. The van der Waals surface area contributed by atoms with Gasteiger partial charge in [-0.1, -0.05) is 23.7 Å². The molecule has 5 rings (SSSR count). The molecule has 0 amide bonds. The first-order chi connectivity index (χ1) is 16.5. The van der Waals surface area contributed by atoms with Gasteiger partial charge in [0.15, 0.2) is 0 Å². The van der Waals surface area contributed by atoms with E-state index in [1.807, 2.05) is 30.3 Å². The Balaban J connectivity index is 1.52. The van der Waals surface area contributed by atoms with E-state index in [1.54, 1.807) is 0 Å². The maximum atomic E-state index is 12.3. The molecule has 3 aliphatic rings. The van der Waals surface area contributed by atoms with Crippen molar-refractivity contribution in [1.82, 2.24) is 0 Å². The van der Waals surface area contributed by atoms with Gasteiger partial charge >= 0.3 is 5.97 Å². The van der Waals surface area contributed by atoms with Crippen molar-refractivity contribution >= 4 is 23.3 Å². The van der Waals surface area contributed by atoms with Gasteiger partial charge in [-0.05, 0) is 98.2 Å². The van der Waals surface area contributed by atoms with Crippen LogP contribution in [0.25, 0.3) is 0 Å². The number of aryl methyl sites for hydroxylation is 1. The Morgan fingerprint density at radius 2 is 2.12 bits per heavy atom. The summed E-state index contributed by atoms with van der Waals surface area (Å²) in [5.41, 5.74) is 4.19. The Bertz CT molecular complexity index is 1080. The van der Waals surface area contributed by atoms with Gasteiger partial charge in [0.25, 0.3) is 0 Å². The third kappa shape index (κ3) is 4.33. The molecular formula is C29H34ClNO3. The van der Waals surface area contributed by atoms with Crippen molar-refractivity contribution < 1.29 is 14.3 Å². The monoisotopic (exact) mass is 479 g/mol. The van der Waals surface area contributed by atoms with E-state index in [4.69, 9.17) is 21.1 Å². The van der Waals surface area contributed by atoms with Gasteiger partial charge < -0.3 is 14.4 Å². The number of methoxy groups -OCH3 is 1. The lowest BCUT2D eigenvalue weighted by Crippen LogP contribution is -2.48. The number of esters is 1. The first-order valence-electron chi connectivity index (χ1n) is 12.5. The highest BCUT2D eigenvalue weighted by molar-refractivity contribution is 6.30. The van der Waals surface area contributed by atoms with Crippen molar-refractivity contribution in [1.29, 1.82) is 0 Å². The lowest BCUT2D eigenvalue weighted by molar-refractivity contribution is 0.0600. The summed E-state index contributed by atoms with van der Waals surface area (Å²) < 4.78 is 11.5. The zero-order valence-electron chi connectivity index (χ0n) is 20.0. The van der Waals surface area contributed by atoms with Gasteiger partial charge in [0, 0.05) is 23.5 Å². The maximum Gasteiger partial charge on any atom is 0.337 e. The molecule has 1 fully saturated rings. The smallest absolute Gasteiger partial charge is 0.337 e. The Labute approximate surface area is 207 Å². The number of fused-ring (bicyclic) bond motifs is 3. The zero-order chi connectivity index (χ0) is 23.7. The fourth-order valence-corrected chi connectivity index (χ4v) is 6.43. The number of hydrogen-bond donors (Lipinski definition) is 0. The van der Waals surface area contributed by atoms with Crippen LogP contribution < -0.4 is 9.64 Å². The van der Waals surface area contributed by atoms with Crippen LogP contribution in [0.3, 0.4) is 0 Å². The minimum atomic E-state index is -0.313. The average Bonchev–Trinajstić information content (AvgIpc) is 2.98. The van der Waals surface area contributed by atoms with E-state index in [0.29, 0.717) is 18.1 Å². The van der Waals surface area contributed by atoms with Crippen molar-refractivity contribution in [3.8, 4) is 5.75 Å². The van der Waals surface area contributed by atoms with Crippen LogP contribution in [0.4, 0.5) is 5.69 Å². The van der Waals surface area contributed by atoms with Crippen LogP contribution in [0.15, 0.2) is 49.1 Å². The van der Waals surface area contributed by atoms with Gasteiger partial charge in [0.05, 0.1) is 25.0 Å². The van der Waals surface area contributed by atoms with Crippen molar-refractivity contribution in [2.45, 2.75) is 50.4 Å². The molecule has 0 radical (unpaired) electrons. The van der Waals surface area contributed by atoms with Gasteiger partial charge in [-0.2, -0.15) is 0 Å². The first kappa shape index (κ1) is 23.3. The molecule has 1 saturated carbocycles. The lowest BCUT2D eigenvalue weighted by atomic mass is 9.69. The predicted molar refractivity (Wildman–Crippen MR) is 137 cm³/mol. The zero-order valence-corrected chi connectivity index (χ0v) is 20.8. The molecule has 5 heteroatoms. The van der Waals surface area contributed by atoms with E-state index in [1.165, 1.54) is 37.5 Å². The summed E-state index contributed by atoms with van der Waals surface area (Å²) in [6.07, 6.45) is 10.1. The van der Waals surface area contributed by atoms with Crippen molar-refractivity contribution in [3.63, 3.8) is 0 Å². The summed E-state index contributed by atoms with van der Waals surface area (Å²) >= 11 is 6.36. The molecule has 4 nitrogen and oxygen atoms in total. The molecule has 34 heavy (non-hydrogen) atoms. The van der Waals surface area contributed by atoms with E-state index < -0.39 is 0 Å². The fourth-order valence-electron chi connectivity index (χ4n) is 6.23. The normalized spacial score (nSPS) is 25.4. The Morgan fingerprint density at radius 3 is 2.88 bits per heavy atom. The van der Waals surface area contributed by atoms with Gasteiger partial charge in [-0.25, -0.2) is 4.79 Å². The van der Waals surface area contributed by atoms with Crippen LogP contribution in [0.2, 0.25) is 5.02 Å². The van der Waals surface area contributed by atoms with E-state index in [0.717, 1.165) is 61.2 Å². The standard InChI is InChI=1S/C29H34ClNO3/c1-3-4-6-20-8-9-23(20)17-31-18-29(14-5-7-21-15-24(30)11-12-25(21)29)19-34-27-13-10-22(16-26(27)31)28(32)33-2/h3,10-13,15-16,20,23H,1,4-9,14,17-19H2,2H3/t20-,23+,29?/m1/s1. The Kier molecular flexibility index (Phi) is 6.61. The molecule has 1 spiro atoms. The molecular weight excluding hydrogens is 446 g/mol. The van der Waals surface area contributed by atoms with Gasteiger partial charge in [-0.15, -0.1) is 6.58 Å². The highest BCUT2D eigenvalue weighted by Gasteiger charge is 2.43. The second-order valence-corrected chi connectivity index (χ2v) is 10.7. The van der Waals surface area contributed by atoms with Crippen LogP contribution in [0.5, 0.6) is 5.75 Å². The lowest BCUT2D eigenvalue weighted by Gasteiger charge is -2.44. The summed E-state index contributed by atoms with van der Waals surface area (Å²) in [6, 6.07) is 12.1. The van der Waals surface area contributed by atoms with Crippen molar-refractivity contribution in [3.05, 3.63) is 70.8 Å². The number of ether oxygens (including phenoxy) is 2. The first-order valence-corrected chi connectivity index (χ1v) is 12.9. The number of hydrogen-bond acceptors (Lipinski definition) is 4. The summed E-state index contributed by atoms with van der Waals surface area (Å²) in [7, 11) is 1.43. The van der Waals surface area contributed by atoms with Crippen LogP contribution >= 0.6 is 11.6 Å². The molecule has 2 aromatic carbocycles. The molecule has 2 aromatic rings. The minimum Gasteiger partial charge on any atom is -0.490 e. The number of carbonyl (C=O) groups excluding carboxylic acids is 1. The third-order valence-corrected chi connectivity index (χ3v) is 8.46. The van der Waals surface area contributed by atoms with E-state index in [-0.39, 0.29) is 11.4 Å². The molecule has 1 heterocycles. The number of rotatable bonds is 6. The summed E-state index contributed by atoms with van der Waals surface area (Å²) in [5.74, 6) is 1.93. The van der Waals surface area contributed by atoms with E-state index >= 15 is 0 Å². The van der Waals surface area contributed by atoms with E-state index in [9.17, 15) is 4.79 Å². The molecule has 2 aliphatic carbocycles. The summed E-state index contributed by atoms with van der Waals surface area (Å²) in [4.78, 5) is 14.8. The molecule has 0 aromatic heterocycles. The van der Waals surface area contributed by atoms with Crippen LogP contribution in [-0.2, 0) is 16.6 Å². The van der Waals surface area contributed by atoms with Gasteiger partial charge in [-0.3, -0.25) is 0 Å². The second kappa shape index (κ2) is 9.65. The summed E-state index contributed by atoms with van der Waals surface area (Å²) in [5, 5.41) is 0.799. The topological polar surface area (TPSA) is 38.8 Å². The predicted octanol–water partition coefficient (Wildman–Crippen LogP) is 6.59. The highest BCUT2D eigenvalue weighted by atomic mass is 35.5. The largest absolute Gasteiger partial charge is 0.490 e. The van der Waals surface area contributed by atoms with Crippen LogP contribution in [-0.4, -0.2) is 32.8 Å². The third-order valence-electron chi connectivity index (χ3n) is 8.23. The number of allylic oxidation sites excluding steroid dienone is 1. The summed E-state index contributed by atoms with van der Waals surface area (Å²) in [6.45, 7) is 6.40. The van der Waals surface area contributed by atoms with Crippen molar-refractivity contribution in [2.75, 3.05) is 31.7 Å². The number of halogens is 1. The highest BCUT2D eigenvalue weighted by Crippen LogP contribution is 2.46. The molecule has 1 unspecified atom stereocenters. The fraction of sp³-hybridized carbons (Fsp3) is 0.483. The minimum absolute atomic E-state index is 0.0943. The number of carbonyl (C=O) groups is 1. The molecule has 0 N–H and O–H groups in total. The van der Waals surface area contributed by atoms with Crippen LogP contribution in [0, 0.1) is 11.8 Å². The molecule has 180 valence electrons. The average molecular weight is 480 g/mol. The number of nitrogens with zero attached hydrogens (tertiary/aromatic N) is 1. The van der Waals surface area contributed by atoms with Crippen molar-refractivity contribution in [2.24, 2.45) is 11.8 Å². The molecule has 0 saturated heterocycles. The van der Waals surface area contributed by atoms with Gasteiger partial charge in [0.1, 0.15) is 5.75 Å². The van der Waals surface area contributed by atoms with Crippen LogP contribution in [0.1, 0.15) is 60.0 Å². The Morgan fingerprint density at radius 1 is 1.26 bits per heavy atom. The maximum absolute atomic E-state index is 12.3. The molecule has 0 bridgehead atoms. The molecule has 1 aliphatic heterocycles. The quantitative estimate of drug-likeness (QED) is 0.346. The second-order valence-electron chi connectivity index (χ2n) is 10.2. The SMILES string of the molecule is C=CCC[C@@H]1CC[C@H]1CN1CC2(CCCc3cc(Cl)ccc32)COc2ccc(C(=O)OC)cc21. The Hall–Kier alpha value is -2.46. The van der Waals surface area contributed by atoms with Gasteiger partial charge in [0.2, 0.25) is 0 Å². The van der Waals surface area contributed by atoms with E-state index in [2.05, 4.69) is 23.6 Å². The molecule has 3 atom stereocenters.